The Balaban J connectivity index is 1.69. The maximum atomic E-state index is 4.66. The number of aryl methyl sites for hydroxylation is 1. The second kappa shape index (κ2) is 6.04. The van der Waals surface area contributed by atoms with Gasteiger partial charge in [-0.1, -0.05) is 38.2 Å². The summed E-state index contributed by atoms with van der Waals surface area (Å²) in [4.78, 5) is 4.66. The highest BCUT2D eigenvalue weighted by molar-refractivity contribution is 5.29. The summed E-state index contributed by atoms with van der Waals surface area (Å²) in [5, 5.41) is 3.59. The van der Waals surface area contributed by atoms with Gasteiger partial charge in [0.05, 0.1) is 0 Å². The number of hydrogen-bond donors (Lipinski definition) is 1. The molecule has 1 aromatic rings. The smallest absolute Gasteiger partial charge is 0.0482 e. The minimum atomic E-state index is 0.624. The van der Waals surface area contributed by atoms with Crippen LogP contribution in [0, 0.1) is 5.92 Å². The lowest BCUT2D eigenvalue weighted by atomic mass is 9.81. The first-order valence-corrected chi connectivity index (χ1v) is 7.99. The Hall–Kier alpha value is -0.890. The van der Waals surface area contributed by atoms with Gasteiger partial charge in [-0.3, -0.25) is 4.98 Å². The van der Waals surface area contributed by atoms with Crippen LogP contribution in [0.4, 0.5) is 0 Å². The van der Waals surface area contributed by atoms with Gasteiger partial charge in [0, 0.05) is 23.9 Å². The highest BCUT2D eigenvalue weighted by Crippen LogP contribution is 2.37. The molecule has 2 unspecified atom stereocenters. The summed E-state index contributed by atoms with van der Waals surface area (Å²) in [5.41, 5.74) is 2.86. The fourth-order valence-corrected chi connectivity index (χ4v) is 4.10. The molecule has 2 nitrogen and oxygen atoms in total. The fourth-order valence-electron chi connectivity index (χ4n) is 4.10. The summed E-state index contributed by atoms with van der Waals surface area (Å²) < 4.78 is 0. The predicted octanol–water partition coefficient (Wildman–Crippen LogP) is 3.67. The third-order valence-corrected chi connectivity index (χ3v) is 5.17. The van der Waals surface area contributed by atoms with E-state index in [0.29, 0.717) is 12.0 Å². The monoisotopic (exact) mass is 258 g/mol. The van der Waals surface area contributed by atoms with Crippen LogP contribution < -0.4 is 5.32 Å². The third kappa shape index (κ3) is 2.84. The summed E-state index contributed by atoms with van der Waals surface area (Å²) in [6, 6.07) is 4.96. The van der Waals surface area contributed by atoms with Crippen LogP contribution in [-0.4, -0.2) is 18.1 Å². The molecule has 1 N–H and O–H groups in total. The van der Waals surface area contributed by atoms with Gasteiger partial charge in [0.1, 0.15) is 0 Å². The van der Waals surface area contributed by atoms with E-state index in [1.54, 1.807) is 0 Å². The van der Waals surface area contributed by atoms with Crippen molar-refractivity contribution in [1.29, 1.82) is 0 Å². The largest absolute Gasteiger partial charge is 0.316 e. The van der Waals surface area contributed by atoms with Crippen molar-refractivity contribution < 1.29 is 0 Å². The Morgan fingerprint density at radius 3 is 2.89 bits per heavy atom. The van der Waals surface area contributed by atoms with Gasteiger partial charge in [-0.2, -0.15) is 0 Å². The van der Waals surface area contributed by atoms with E-state index in [4.69, 9.17) is 0 Å². The molecule has 1 heterocycles. The number of nitrogens with zero attached hydrogens (tertiary/aromatic N) is 1. The number of fused-ring (bicyclic) bond motifs is 1. The predicted molar refractivity (Wildman–Crippen MR) is 79.3 cm³/mol. The number of nitrogens with one attached hydrogen (secondary N) is 1. The van der Waals surface area contributed by atoms with Crippen LogP contribution in [0.5, 0.6) is 0 Å². The van der Waals surface area contributed by atoms with Crippen molar-refractivity contribution in [3.05, 3.63) is 29.6 Å². The van der Waals surface area contributed by atoms with Crippen LogP contribution in [0.2, 0.25) is 0 Å². The molecule has 0 bridgehead atoms. The summed E-state index contributed by atoms with van der Waals surface area (Å²) in [7, 11) is 2.13. The van der Waals surface area contributed by atoms with Crippen molar-refractivity contribution in [2.24, 2.45) is 5.92 Å². The molecule has 0 saturated heterocycles. The van der Waals surface area contributed by atoms with Crippen molar-refractivity contribution in [3.8, 4) is 0 Å². The molecule has 3 rings (SSSR count). The SMILES string of the molecule is CNC(CC1CCCCC1)C1CCc2cccnc21. The molecular formula is C17H26N2. The minimum absolute atomic E-state index is 0.624. The quantitative estimate of drug-likeness (QED) is 0.891. The van der Waals surface area contributed by atoms with Crippen molar-refractivity contribution >= 4 is 0 Å². The molecule has 2 aliphatic carbocycles. The summed E-state index contributed by atoms with van der Waals surface area (Å²) in [6.45, 7) is 0. The van der Waals surface area contributed by atoms with Crippen LogP contribution in [-0.2, 0) is 6.42 Å². The lowest BCUT2D eigenvalue weighted by Crippen LogP contribution is -2.34. The molecule has 0 spiro atoms. The van der Waals surface area contributed by atoms with E-state index < -0.39 is 0 Å². The van der Waals surface area contributed by atoms with Crippen LogP contribution in [0.25, 0.3) is 0 Å². The molecule has 104 valence electrons. The van der Waals surface area contributed by atoms with E-state index >= 15 is 0 Å². The number of aromatic nitrogens is 1. The Morgan fingerprint density at radius 2 is 2.11 bits per heavy atom. The normalized spacial score (nSPS) is 25.2. The van der Waals surface area contributed by atoms with Crippen molar-refractivity contribution in [2.45, 2.75) is 63.3 Å². The van der Waals surface area contributed by atoms with Gasteiger partial charge in [0.25, 0.3) is 0 Å². The Kier molecular flexibility index (Phi) is 4.17. The summed E-state index contributed by atoms with van der Waals surface area (Å²) >= 11 is 0. The molecule has 2 atom stereocenters. The lowest BCUT2D eigenvalue weighted by Gasteiger charge is -2.30. The van der Waals surface area contributed by atoms with Gasteiger partial charge in [-0.05, 0) is 43.9 Å². The lowest BCUT2D eigenvalue weighted by molar-refractivity contribution is 0.283. The van der Waals surface area contributed by atoms with Gasteiger partial charge in [-0.15, -0.1) is 0 Å². The molecule has 0 radical (unpaired) electrons. The van der Waals surface area contributed by atoms with E-state index in [1.807, 2.05) is 6.20 Å². The molecule has 0 aromatic carbocycles. The maximum absolute atomic E-state index is 4.66. The molecule has 1 fully saturated rings. The first-order valence-electron chi connectivity index (χ1n) is 7.99. The summed E-state index contributed by atoms with van der Waals surface area (Å²) in [5.74, 6) is 1.59. The Bertz CT molecular complexity index is 409. The second-order valence-electron chi connectivity index (χ2n) is 6.33. The van der Waals surface area contributed by atoms with Gasteiger partial charge >= 0.3 is 0 Å². The van der Waals surface area contributed by atoms with E-state index in [2.05, 4.69) is 29.5 Å². The maximum Gasteiger partial charge on any atom is 0.0482 e. The van der Waals surface area contributed by atoms with Crippen LogP contribution >= 0.6 is 0 Å². The number of pyridine rings is 1. The minimum Gasteiger partial charge on any atom is -0.316 e. The van der Waals surface area contributed by atoms with Crippen molar-refractivity contribution in [3.63, 3.8) is 0 Å². The fraction of sp³-hybridized carbons (Fsp3) is 0.706. The third-order valence-electron chi connectivity index (χ3n) is 5.17. The van der Waals surface area contributed by atoms with Crippen LogP contribution in [0.15, 0.2) is 18.3 Å². The Morgan fingerprint density at radius 1 is 1.26 bits per heavy atom. The average molecular weight is 258 g/mol. The number of rotatable bonds is 4. The summed E-state index contributed by atoms with van der Waals surface area (Å²) in [6.07, 6.45) is 13.0. The second-order valence-corrected chi connectivity index (χ2v) is 6.33. The van der Waals surface area contributed by atoms with E-state index in [0.717, 1.165) is 5.92 Å². The first-order chi connectivity index (χ1) is 9.38. The van der Waals surface area contributed by atoms with E-state index in [1.165, 1.54) is 62.6 Å². The molecule has 1 saturated carbocycles. The van der Waals surface area contributed by atoms with E-state index in [-0.39, 0.29) is 0 Å². The number of hydrogen-bond acceptors (Lipinski definition) is 2. The average Bonchev–Trinajstić information content (AvgIpc) is 2.90. The molecular weight excluding hydrogens is 232 g/mol. The van der Waals surface area contributed by atoms with Gasteiger partial charge in [0.15, 0.2) is 0 Å². The van der Waals surface area contributed by atoms with Gasteiger partial charge in [-0.25, -0.2) is 0 Å². The van der Waals surface area contributed by atoms with Gasteiger partial charge < -0.3 is 5.32 Å². The van der Waals surface area contributed by atoms with Crippen molar-refractivity contribution in [2.75, 3.05) is 7.05 Å². The zero-order valence-corrected chi connectivity index (χ0v) is 12.1. The standard InChI is InChI=1S/C17H26N2/c1-18-16(12-13-6-3-2-4-7-13)15-10-9-14-8-5-11-19-17(14)15/h5,8,11,13,15-16,18H,2-4,6-7,9-10,12H2,1H3. The van der Waals surface area contributed by atoms with Crippen LogP contribution in [0.3, 0.4) is 0 Å². The van der Waals surface area contributed by atoms with E-state index in [9.17, 15) is 0 Å². The highest BCUT2D eigenvalue weighted by Gasteiger charge is 2.31. The Labute approximate surface area is 117 Å². The molecule has 1 aromatic heterocycles. The number of likely N-dealkylation sites (N-methyl/N-ethyl adjacent to an activating group) is 1. The molecule has 2 heteroatoms. The van der Waals surface area contributed by atoms with Crippen LogP contribution in [0.1, 0.15) is 62.1 Å². The molecule has 2 aliphatic rings. The zero-order chi connectivity index (χ0) is 13.1. The highest BCUT2D eigenvalue weighted by atomic mass is 14.9. The first kappa shape index (κ1) is 13.1. The van der Waals surface area contributed by atoms with Gasteiger partial charge in [0.2, 0.25) is 0 Å². The topological polar surface area (TPSA) is 24.9 Å². The van der Waals surface area contributed by atoms with Crippen molar-refractivity contribution in [1.82, 2.24) is 10.3 Å². The zero-order valence-electron chi connectivity index (χ0n) is 12.1. The molecule has 0 amide bonds. The molecule has 0 aliphatic heterocycles. The molecule has 19 heavy (non-hydrogen) atoms.